The highest BCUT2D eigenvalue weighted by Crippen LogP contribution is 2.35. The summed E-state index contributed by atoms with van der Waals surface area (Å²) in [6.07, 6.45) is 11.6. The number of nitrogens with zero attached hydrogens (tertiary/aromatic N) is 4. The molecule has 2 aliphatic heterocycles. The lowest BCUT2D eigenvalue weighted by molar-refractivity contribution is -0.131. The molecule has 3 aliphatic rings. The van der Waals surface area contributed by atoms with Gasteiger partial charge in [0.15, 0.2) is 0 Å². The van der Waals surface area contributed by atoms with Crippen molar-refractivity contribution >= 4 is 5.91 Å². The summed E-state index contributed by atoms with van der Waals surface area (Å²) in [5.74, 6) is 1.18. The van der Waals surface area contributed by atoms with Crippen LogP contribution >= 0.6 is 0 Å². The molecular formula is C22H34N4O. The molecule has 3 heterocycles. The normalized spacial score (nSPS) is 27.9. The first-order valence-electron chi connectivity index (χ1n) is 10.7. The summed E-state index contributed by atoms with van der Waals surface area (Å²) in [5, 5.41) is 0. The number of likely N-dealkylation sites (N-methyl/N-ethyl adjacent to an activating group) is 1. The highest BCUT2D eigenvalue weighted by atomic mass is 16.2. The van der Waals surface area contributed by atoms with E-state index >= 15 is 0 Å². The van der Waals surface area contributed by atoms with Gasteiger partial charge < -0.3 is 9.80 Å². The van der Waals surface area contributed by atoms with E-state index < -0.39 is 0 Å². The molecule has 1 spiro atoms. The van der Waals surface area contributed by atoms with Crippen LogP contribution in [0, 0.1) is 5.92 Å². The largest absolute Gasteiger partial charge is 0.342 e. The molecule has 27 heavy (non-hydrogen) atoms. The molecule has 1 amide bonds. The molecule has 0 aromatic carbocycles. The van der Waals surface area contributed by atoms with Gasteiger partial charge in [-0.3, -0.25) is 14.7 Å². The Morgan fingerprint density at radius 1 is 1.22 bits per heavy atom. The summed E-state index contributed by atoms with van der Waals surface area (Å²) in [5.41, 5.74) is 1.51. The van der Waals surface area contributed by atoms with Gasteiger partial charge in [0, 0.05) is 57.1 Å². The van der Waals surface area contributed by atoms with Crippen LogP contribution in [0.2, 0.25) is 0 Å². The molecule has 148 valence electrons. The van der Waals surface area contributed by atoms with Crippen LogP contribution in [0.4, 0.5) is 0 Å². The quantitative estimate of drug-likeness (QED) is 0.771. The minimum atomic E-state index is 0.181. The van der Waals surface area contributed by atoms with Crippen molar-refractivity contribution < 1.29 is 4.79 Å². The number of hydrogen-bond donors (Lipinski definition) is 0. The smallest absolute Gasteiger partial charge is 0.222 e. The molecule has 5 nitrogen and oxygen atoms in total. The molecule has 0 bridgehead atoms. The zero-order valence-electron chi connectivity index (χ0n) is 16.8. The highest BCUT2D eigenvalue weighted by molar-refractivity contribution is 5.76. The minimum absolute atomic E-state index is 0.181. The van der Waals surface area contributed by atoms with Crippen LogP contribution in [-0.4, -0.2) is 77.4 Å². The van der Waals surface area contributed by atoms with Crippen molar-refractivity contribution in [3.05, 3.63) is 30.1 Å². The molecule has 0 N–H and O–H groups in total. The van der Waals surface area contributed by atoms with Gasteiger partial charge in [-0.1, -0.05) is 6.07 Å². The molecule has 1 saturated carbocycles. The average Bonchev–Trinajstić information content (AvgIpc) is 3.51. The summed E-state index contributed by atoms with van der Waals surface area (Å²) in [6.45, 7) is 6.47. The topological polar surface area (TPSA) is 39.7 Å². The van der Waals surface area contributed by atoms with Gasteiger partial charge >= 0.3 is 0 Å². The third-order valence-electron chi connectivity index (χ3n) is 6.92. The van der Waals surface area contributed by atoms with E-state index in [-0.39, 0.29) is 5.54 Å². The Kier molecular flexibility index (Phi) is 5.79. The van der Waals surface area contributed by atoms with E-state index in [1.807, 2.05) is 18.5 Å². The van der Waals surface area contributed by atoms with Crippen molar-refractivity contribution in [2.24, 2.45) is 5.92 Å². The SMILES string of the molecule is CN1CCN(CCCc2cccnc2)C[C@]12CCC(=O)N(CC1CC1)CC2. The number of amides is 1. The van der Waals surface area contributed by atoms with Gasteiger partial charge in [0.05, 0.1) is 0 Å². The number of carbonyl (C=O) groups is 1. The Morgan fingerprint density at radius 3 is 2.89 bits per heavy atom. The van der Waals surface area contributed by atoms with E-state index in [1.165, 1.54) is 24.8 Å². The van der Waals surface area contributed by atoms with E-state index in [4.69, 9.17) is 0 Å². The number of aromatic nitrogens is 1. The number of likely N-dealkylation sites (tertiary alicyclic amines) is 1. The van der Waals surface area contributed by atoms with E-state index in [0.29, 0.717) is 5.91 Å². The first-order valence-corrected chi connectivity index (χ1v) is 10.7. The fourth-order valence-electron chi connectivity index (χ4n) is 4.82. The summed E-state index contributed by atoms with van der Waals surface area (Å²) in [4.78, 5) is 24.2. The van der Waals surface area contributed by atoms with Gasteiger partial charge in [0.2, 0.25) is 5.91 Å². The van der Waals surface area contributed by atoms with Crippen LogP contribution in [0.3, 0.4) is 0 Å². The van der Waals surface area contributed by atoms with Gasteiger partial charge in [0.25, 0.3) is 0 Å². The predicted molar refractivity (Wildman–Crippen MR) is 108 cm³/mol. The number of aryl methyl sites for hydroxylation is 1. The molecule has 1 aromatic rings. The molecule has 4 rings (SSSR count). The van der Waals surface area contributed by atoms with E-state index in [9.17, 15) is 4.79 Å². The summed E-state index contributed by atoms with van der Waals surface area (Å²) in [6, 6.07) is 4.19. The fraction of sp³-hybridized carbons (Fsp3) is 0.727. The maximum atomic E-state index is 12.6. The van der Waals surface area contributed by atoms with Crippen LogP contribution in [0.25, 0.3) is 0 Å². The molecule has 3 fully saturated rings. The average molecular weight is 371 g/mol. The molecule has 1 aliphatic carbocycles. The number of rotatable bonds is 6. The van der Waals surface area contributed by atoms with Crippen LogP contribution in [-0.2, 0) is 11.2 Å². The lowest BCUT2D eigenvalue weighted by Crippen LogP contribution is -2.61. The van der Waals surface area contributed by atoms with Crippen molar-refractivity contribution in [1.82, 2.24) is 19.7 Å². The Balaban J connectivity index is 1.32. The van der Waals surface area contributed by atoms with Gasteiger partial charge in [-0.2, -0.15) is 0 Å². The van der Waals surface area contributed by atoms with Gasteiger partial charge in [0.1, 0.15) is 0 Å². The van der Waals surface area contributed by atoms with Crippen molar-refractivity contribution in [1.29, 1.82) is 0 Å². The summed E-state index contributed by atoms with van der Waals surface area (Å²) < 4.78 is 0. The fourth-order valence-corrected chi connectivity index (χ4v) is 4.82. The van der Waals surface area contributed by atoms with Crippen LogP contribution < -0.4 is 0 Å². The zero-order chi connectivity index (χ0) is 18.7. The van der Waals surface area contributed by atoms with Crippen LogP contribution in [0.15, 0.2) is 24.5 Å². The summed E-state index contributed by atoms with van der Waals surface area (Å²) >= 11 is 0. The van der Waals surface area contributed by atoms with Crippen molar-refractivity contribution in [3.63, 3.8) is 0 Å². The Hall–Kier alpha value is -1.46. The second kappa shape index (κ2) is 8.27. The monoisotopic (exact) mass is 370 g/mol. The van der Waals surface area contributed by atoms with E-state index in [0.717, 1.165) is 70.9 Å². The minimum Gasteiger partial charge on any atom is -0.342 e. The number of pyridine rings is 1. The molecule has 1 atom stereocenters. The maximum Gasteiger partial charge on any atom is 0.222 e. The van der Waals surface area contributed by atoms with Gasteiger partial charge in [-0.15, -0.1) is 0 Å². The molecule has 1 aromatic heterocycles. The molecule has 2 saturated heterocycles. The molecular weight excluding hydrogens is 336 g/mol. The first-order chi connectivity index (χ1) is 13.1. The maximum absolute atomic E-state index is 12.6. The third kappa shape index (κ3) is 4.69. The number of piperazine rings is 1. The zero-order valence-corrected chi connectivity index (χ0v) is 16.8. The lowest BCUT2D eigenvalue weighted by Gasteiger charge is -2.49. The predicted octanol–water partition coefficient (Wildman–Crippen LogP) is 2.42. The third-order valence-corrected chi connectivity index (χ3v) is 6.92. The van der Waals surface area contributed by atoms with E-state index in [2.05, 4.69) is 32.8 Å². The van der Waals surface area contributed by atoms with Crippen LogP contribution in [0.1, 0.15) is 44.1 Å². The van der Waals surface area contributed by atoms with Crippen molar-refractivity contribution in [3.8, 4) is 0 Å². The first kappa shape index (κ1) is 18.9. The molecule has 5 heteroatoms. The standard InChI is InChI=1S/C22H34N4O/c1-24-14-15-25(12-3-5-19-4-2-11-23-16-19)18-22(24)9-8-21(27)26(13-10-22)17-20-6-7-20/h2,4,11,16,20H,3,5-10,12-15,17-18H2,1H3/t22-/m1/s1. The Bertz CT molecular complexity index is 632. The van der Waals surface area contributed by atoms with Crippen molar-refractivity contribution in [2.45, 2.75) is 50.5 Å². The number of carbonyl (C=O) groups excluding carboxylic acids is 1. The van der Waals surface area contributed by atoms with Crippen molar-refractivity contribution in [2.75, 3.05) is 46.3 Å². The highest BCUT2D eigenvalue weighted by Gasteiger charge is 2.42. The Labute approximate surface area is 163 Å². The van der Waals surface area contributed by atoms with Gasteiger partial charge in [-0.05, 0) is 69.7 Å². The molecule has 0 unspecified atom stereocenters. The van der Waals surface area contributed by atoms with E-state index in [1.54, 1.807) is 0 Å². The Morgan fingerprint density at radius 2 is 2.11 bits per heavy atom. The lowest BCUT2D eigenvalue weighted by atomic mass is 9.86. The molecule has 0 radical (unpaired) electrons. The second-order valence-electron chi connectivity index (χ2n) is 8.92. The second-order valence-corrected chi connectivity index (χ2v) is 8.92. The summed E-state index contributed by atoms with van der Waals surface area (Å²) in [7, 11) is 2.27. The van der Waals surface area contributed by atoms with Crippen LogP contribution in [0.5, 0.6) is 0 Å². The number of hydrogen-bond acceptors (Lipinski definition) is 4. The van der Waals surface area contributed by atoms with Gasteiger partial charge in [-0.25, -0.2) is 0 Å².